The number of hydrogen-bond donors (Lipinski definition) is 2. The van der Waals surface area contributed by atoms with Gasteiger partial charge in [0.15, 0.2) is 0 Å². The van der Waals surface area contributed by atoms with E-state index in [9.17, 15) is 9.18 Å². The largest absolute Gasteiger partial charge is 0.496 e. The molecule has 1 aliphatic heterocycles. The summed E-state index contributed by atoms with van der Waals surface area (Å²) in [6.45, 7) is 1.51. The molecule has 2 aliphatic rings. The van der Waals surface area contributed by atoms with Crippen molar-refractivity contribution in [2.45, 2.75) is 38.0 Å². The van der Waals surface area contributed by atoms with Gasteiger partial charge in [0, 0.05) is 31.1 Å². The predicted octanol–water partition coefficient (Wildman–Crippen LogP) is 3.25. The zero-order chi connectivity index (χ0) is 20.2. The van der Waals surface area contributed by atoms with E-state index in [1.165, 1.54) is 12.4 Å². The first-order chi connectivity index (χ1) is 14.1. The van der Waals surface area contributed by atoms with Crippen molar-refractivity contribution in [2.75, 3.05) is 30.5 Å². The Morgan fingerprint density at radius 2 is 2.03 bits per heavy atom. The molecule has 4 rings (SSSR count). The van der Waals surface area contributed by atoms with Crippen LogP contribution < -0.4 is 20.5 Å². The quantitative estimate of drug-likeness (QED) is 0.696. The summed E-state index contributed by atoms with van der Waals surface area (Å²) in [6, 6.07) is 6.79. The maximum Gasteiger partial charge on any atom is 0.238 e. The van der Waals surface area contributed by atoms with Crippen LogP contribution in [0.4, 0.5) is 16.0 Å². The highest BCUT2D eigenvalue weighted by Crippen LogP contribution is 2.37. The number of carbonyl (C=O) groups excluding carboxylic acids is 1. The Morgan fingerprint density at radius 3 is 2.76 bits per heavy atom. The minimum atomic E-state index is -0.210. The Labute approximate surface area is 169 Å². The van der Waals surface area contributed by atoms with E-state index in [1.807, 2.05) is 12.1 Å². The number of nitrogens with one attached hydrogen (secondary N) is 2. The summed E-state index contributed by atoms with van der Waals surface area (Å²) in [7, 11) is 1.58. The van der Waals surface area contributed by atoms with Crippen LogP contribution in [0.2, 0.25) is 0 Å². The second kappa shape index (κ2) is 8.63. The monoisotopic (exact) mass is 399 g/mol. The predicted molar refractivity (Wildman–Crippen MR) is 108 cm³/mol. The number of aromatic nitrogens is 2. The Bertz CT molecular complexity index is 866. The van der Waals surface area contributed by atoms with Gasteiger partial charge >= 0.3 is 0 Å². The number of anilines is 2. The van der Waals surface area contributed by atoms with Gasteiger partial charge in [-0.2, -0.15) is 0 Å². The first-order valence-electron chi connectivity index (χ1n) is 10.1. The van der Waals surface area contributed by atoms with Crippen molar-refractivity contribution in [1.82, 2.24) is 15.4 Å². The van der Waals surface area contributed by atoms with Crippen LogP contribution in [-0.2, 0) is 4.79 Å². The molecule has 0 bridgehead atoms. The van der Waals surface area contributed by atoms with Crippen LogP contribution in [0.1, 0.15) is 43.6 Å². The van der Waals surface area contributed by atoms with Crippen molar-refractivity contribution in [3.05, 3.63) is 42.0 Å². The number of methoxy groups -OCH3 is 1. The lowest BCUT2D eigenvalue weighted by molar-refractivity contribution is -0.120. The standard InChI is InChI=1S/C21H26FN5O2/c1-29-17-4-2-3-16(22)21(17)15-7-9-27(10-8-15)19-12-18(23-13-24-19)25-26-20(28)11-14-5-6-14/h2-4,12-15H,5-11H2,1H3,(H,26,28)(H,23,24,25). The van der Waals surface area contributed by atoms with Crippen LogP contribution >= 0.6 is 0 Å². The van der Waals surface area contributed by atoms with Gasteiger partial charge in [-0.15, -0.1) is 0 Å². The Morgan fingerprint density at radius 1 is 1.24 bits per heavy atom. The lowest BCUT2D eigenvalue weighted by Gasteiger charge is -2.33. The molecule has 29 heavy (non-hydrogen) atoms. The number of carbonyl (C=O) groups is 1. The van der Waals surface area contributed by atoms with E-state index < -0.39 is 0 Å². The van der Waals surface area contributed by atoms with E-state index in [4.69, 9.17) is 4.74 Å². The molecule has 1 aromatic heterocycles. The molecule has 0 spiro atoms. The second-order valence-corrected chi connectivity index (χ2v) is 7.70. The normalized spacial score (nSPS) is 17.1. The van der Waals surface area contributed by atoms with Crippen molar-refractivity contribution in [3.8, 4) is 5.75 Å². The number of hydrogen-bond acceptors (Lipinski definition) is 6. The first kappa shape index (κ1) is 19.4. The molecule has 2 heterocycles. The highest BCUT2D eigenvalue weighted by molar-refractivity contribution is 5.77. The topological polar surface area (TPSA) is 79.4 Å². The van der Waals surface area contributed by atoms with Gasteiger partial charge in [-0.1, -0.05) is 6.07 Å². The van der Waals surface area contributed by atoms with Crippen molar-refractivity contribution < 1.29 is 13.9 Å². The smallest absolute Gasteiger partial charge is 0.238 e. The first-order valence-corrected chi connectivity index (χ1v) is 10.1. The van der Waals surface area contributed by atoms with Gasteiger partial charge in [0.2, 0.25) is 5.91 Å². The molecule has 154 valence electrons. The number of ether oxygens (including phenoxy) is 1. The molecule has 1 amide bonds. The molecule has 0 radical (unpaired) electrons. The van der Waals surface area contributed by atoms with Gasteiger partial charge in [0.05, 0.1) is 7.11 Å². The molecule has 1 saturated carbocycles. The molecule has 2 aromatic rings. The number of amides is 1. The summed E-state index contributed by atoms with van der Waals surface area (Å²) >= 11 is 0. The van der Waals surface area contributed by atoms with Crippen LogP contribution in [0.5, 0.6) is 5.75 Å². The number of rotatable bonds is 7. The minimum Gasteiger partial charge on any atom is -0.496 e. The number of piperidine rings is 1. The molecule has 2 fully saturated rings. The molecule has 1 saturated heterocycles. The molecule has 0 atom stereocenters. The fourth-order valence-corrected chi connectivity index (χ4v) is 3.85. The third-order valence-electron chi connectivity index (χ3n) is 5.61. The molecular formula is C21H26FN5O2. The average molecular weight is 399 g/mol. The summed E-state index contributed by atoms with van der Waals surface area (Å²) in [5, 5.41) is 0. The van der Waals surface area contributed by atoms with Crippen LogP contribution in [0.25, 0.3) is 0 Å². The zero-order valence-electron chi connectivity index (χ0n) is 16.5. The highest BCUT2D eigenvalue weighted by Gasteiger charge is 2.27. The number of nitrogens with zero attached hydrogens (tertiary/aromatic N) is 3. The lowest BCUT2D eigenvalue weighted by Crippen LogP contribution is -2.34. The third-order valence-corrected chi connectivity index (χ3v) is 5.61. The Balaban J connectivity index is 1.35. The number of halogens is 1. The highest BCUT2D eigenvalue weighted by atomic mass is 19.1. The third kappa shape index (κ3) is 4.75. The molecule has 1 aliphatic carbocycles. The van der Waals surface area contributed by atoms with Crippen LogP contribution in [0, 0.1) is 11.7 Å². The average Bonchev–Trinajstić information content (AvgIpc) is 3.56. The van der Waals surface area contributed by atoms with Crippen molar-refractivity contribution in [3.63, 3.8) is 0 Å². The van der Waals surface area contributed by atoms with Crippen molar-refractivity contribution in [2.24, 2.45) is 5.92 Å². The SMILES string of the molecule is COc1cccc(F)c1C1CCN(c2cc(NNC(=O)CC3CC3)ncn2)CC1. The molecular weight excluding hydrogens is 373 g/mol. The molecule has 8 heteroatoms. The maximum absolute atomic E-state index is 14.4. The summed E-state index contributed by atoms with van der Waals surface area (Å²) in [6.07, 6.45) is 5.93. The van der Waals surface area contributed by atoms with E-state index in [0.29, 0.717) is 29.5 Å². The zero-order valence-corrected chi connectivity index (χ0v) is 16.5. The molecule has 2 N–H and O–H groups in total. The molecule has 1 aromatic carbocycles. The summed E-state index contributed by atoms with van der Waals surface area (Å²) < 4.78 is 19.7. The summed E-state index contributed by atoms with van der Waals surface area (Å²) in [4.78, 5) is 22.5. The molecule has 0 unspecified atom stereocenters. The molecule has 7 nitrogen and oxygen atoms in total. The fourth-order valence-electron chi connectivity index (χ4n) is 3.85. The fraction of sp³-hybridized carbons (Fsp3) is 0.476. The van der Waals surface area contributed by atoms with Gasteiger partial charge in [-0.3, -0.25) is 15.6 Å². The van der Waals surface area contributed by atoms with Crippen LogP contribution in [-0.4, -0.2) is 36.1 Å². The van der Waals surface area contributed by atoms with E-state index in [0.717, 1.165) is 44.6 Å². The van der Waals surface area contributed by atoms with Gasteiger partial charge < -0.3 is 9.64 Å². The second-order valence-electron chi connectivity index (χ2n) is 7.70. The Hall–Kier alpha value is -2.90. The number of benzene rings is 1. The maximum atomic E-state index is 14.4. The van der Waals surface area contributed by atoms with Crippen LogP contribution in [0.3, 0.4) is 0 Å². The van der Waals surface area contributed by atoms with E-state index in [-0.39, 0.29) is 17.6 Å². The van der Waals surface area contributed by atoms with Gasteiger partial charge in [-0.05, 0) is 49.7 Å². The Kier molecular flexibility index (Phi) is 5.78. The van der Waals surface area contributed by atoms with Gasteiger partial charge in [-0.25, -0.2) is 14.4 Å². The lowest BCUT2D eigenvalue weighted by atomic mass is 9.88. The van der Waals surface area contributed by atoms with Gasteiger partial charge in [0.25, 0.3) is 0 Å². The summed E-state index contributed by atoms with van der Waals surface area (Å²) in [5.41, 5.74) is 6.23. The van der Waals surface area contributed by atoms with Gasteiger partial charge in [0.1, 0.15) is 29.5 Å². The minimum absolute atomic E-state index is 0.0210. The van der Waals surface area contributed by atoms with Crippen LogP contribution in [0.15, 0.2) is 30.6 Å². The summed E-state index contributed by atoms with van der Waals surface area (Å²) in [5.74, 6) is 2.37. The van der Waals surface area contributed by atoms with E-state index in [2.05, 4.69) is 25.7 Å². The van der Waals surface area contributed by atoms with Crippen molar-refractivity contribution >= 4 is 17.5 Å². The number of hydrazine groups is 1. The van der Waals surface area contributed by atoms with E-state index >= 15 is 0 Å². The van der Waals surface area contributed by atoms with Crippen molar-refractivity contribution in [1.29, 1.82) is 0 Å². The van der Waals surface area contributed by atoms with E-state index in [1.54, 1.807) is 13.2 Å².